The molecule has 0 bridgehead atoms. The molecule has 110 valence electrons. The van der Waals surface area contributed by atoms with E-state index in [0.29, 0.717) is 0 Å². The molecule has 0 heterocycles. The highest BCUT2D eigenvalue weighted by Gasteiger charge is 2.14. The SMILES string of the molecule is Cc1ccc(C)c(Oc2ccccc2)c1Oc1ccccc1. The smallest absolute Gasteiger partial charge is 0.173 e. The van der Waals surface area contributed by atoms with Gasteiger partial charge in [-0.05, 0) is 49.2 Å². The first-order valence-corrected chi connectivity index (χ1v) is 7.30. The lowest BCUT2D eigenvalue weighted by Gasteiger charge is -2.16. The van der Waals surface area contributed by atoms with Gasteiger partial charge in [0.25, 0.3) is 0 Å². The molecule has 2 heteroatoms. The van der Waals surface area contributed by atoms with Crippen LogP contribution in [0.15, 0.2) is 72.8 Å². The second-order valence-electron chi connectivity index (χ2n) is 5.19. The van der Waals surface area contributed by atoms with Crippen LogP contribution in [0.4, 0.5) is 0 Å². The van der Waals surface area contributed by atoms with E-state index in [1.807, 2.05) is 86.6 Å². The minimum atomic E-state index is 0.759. The van der Waals surface area contributed by atoms with E-state index in [1.54, 1.807) is 0 Å². The van der Waals surface area contributed by atoms with Crippen LogP contribution in [0.2, 0.25) is 0 Å². The lowest BCUT2D eigenvalue weighted by atomic mass is 10.1. The molecular weight excluding hydrogens is 272 g/mol. The van der Waals surface area contributed by atoms with Crippen LogP contribution in [0.5, 0.6) is 23.0 Å². The Hall–Kier alpha value is -2.74. The number of hydrogen-bond acceptors (Lipinski definition) is 2. The molecule has 0 radical (unpaired) electrons. The van der Waals surface area contributed by atoms with Crippen LogP contribution in [0.1, 0.15) is 11.1 Å². The van der Waals surface area contributed by atoms with Crippen LogP contribution in [-0.4, -0.2) is 0 Å². The third-order valence-electron chi connectivity index (χ3n) is 3.43. The molecule has 0 amide bonds. The van der Waals surface area contributed by atoms with E-state index in [9.17, 15) is 0 Å². The van der Waals surface area contributed by atoms with Crippen LogP contribution >= 0.6 is 0 Å². The van der Waals surface area contributed by atoms with Gasteiger partial charge in [-0.15, -0.1) is 0 Å². The normalized spacial score (nSPS) is 10.3. The zero-order valence-corrected chi connectivity index (χ0v) is 12.7. The Morgan fingerprint density at radius 2 is 0.864 bits per heavy atom. The Labute approximate surface area is 131 Å². The van der Waals surface area contributed by atoms with E-state index in [0.717, 1.165) is 34.1 Å². The Bertz CT molecular complexity index is 683. The Balaban J connectivity index is 1.99. The predicted molar refractivity (Wildman–Crippen MR) is 88.9 cm³/mol. The predicted octanol–water partition coefficient (Wildman–Crippen LogP) is 5.89. The van der Waals surface area contributed by atoms with Crippen LogP contribution < -0.4 is 9.47 Å². The lowest BCUT2D eigenvalue weighted by molar-refractivity contribution is 0.414. The number of benzene rings is 3. The summed E-state index contributed by atoms with van der Waals surface area (Å²) in [6.45, 7) is 4.05. The summed E-state index contributed by atoms with van der Waals surface area (Å²) in [5, 5.41) is 0. The van der Waals surface area contributed by atoms with Gasteiger partial charge in [0.05, 0.1) is 0 Å². The van der Waals surface area contributed by atoms with Gasteiger partial charge in [-0.1, -0.05) is 48.5 Å². The van der Waals surface area contributed by atoms with Gasteiger partial charge in [-0.3, -0.25) is 0 Å². The molecule has 3 rings (SSSR count). The molecule has 3 aromatic rings. The van der Waals surface area contributed by atoms with Crippen molar-refractivity contribution < 1.29 is 9.47 Å². The molecule has 22 heavy (non-hydrogen) atoms. The highest BCUT2D eigenvalue weighted by atomic mass is 16.5. The van der Waals surface area contributed by atoms with Crippen LogP contribution in [0.3, 0.4) is 0 Å². The van der Waals surface area contributed by atoms with E-state index < -0.39 is 0 Å². The first kappa shape index (κ1) is 14.2. The van der Waals surface area contributed by atoms with Gasteiger partial charge in [-0.2, -0.15) is 0 Å². The van der Waals surface area contributed by atoms with Crippen LogP contribution in [0, 0.1) is 13.8 Å². The summed E-state index contributed by atoms with van der Waals surface area (Å²) in [7, 11) is 0. The third kappa shape index (κ3) is 3.12. The van der Waals surface area contributed by atoms with Gasteiger partial charge in [0.2, 0.25) is 0 Å². The van der Waals surface area contributed by atoms with E-state index in [-0.39, 0.29) is 0 Å². The molecule has 0 saturated heterocycles. The van der Waals surface area contributed by atoms with Crippen molar-refractivity contribution in [3.63, 3.8) is 0 Å². The van der Waals surface area contributed by atoms with Crippen molar-refractivity contribution in [1.29, 1.82) is 0 Å². The number of rotatable bonds is 4. The Morgan fingerprint density at radius 1 is 0.500 bits per heavy atom. The van der Waals surface area contributed by atoms with Gasteiger partial charge in [0, 0.05) is 0 Å². The molecule has 0 atom stereocenters. The summed E-state index contributed by atoms with van der Waals surface area (Å²) in [5.41, 5.74) is 2.08. The van der Waals surface area contributed by atoms with Crippen molar-refractivity contribution in [2.45, 2.75) is 13.8 Å². The van der Waals surface area contributed by atoms with Crippen molar-refractivity contribution in [2.24, 2.45) is 0 Å². The van der Waals surface area contributed by atoms with Crippen molar-refractivity contribution in [3.8, 4) is 23.0 Å². The van der Waals surface area contributed by atoms with Crippen LogP contribution in [0.25, 0.3) is 0 Å². The van der Waals surface area contributed by atoms with Crippen molar-refractivity contribution in [3.05, 3.63) is 83.9 Å². The maximum atomic E-state index is 6.07. The van der Waals surface area contributed by atoms with Gasteiger partial charge < -0.3 is 9.47 Å². The minimum Gasteiger partial charge on any atom is -0.453 e. The maximum Gasteiger partial charge on any atom is 0.173 e. The zero-order chi connectivity index (χ0) is 15.4. The van der Waals surface area contributed by atoms with Crippen molar-refractivity contribution in [2.75, 3.05) is 0 Å². The monoisotopic (exact) mass is 290 g/mol. The fraction of sp³-hybridized carbons (Fsp3) is 0.100. The number of para-hydroxylation sites is 2. The number of ether oxygens (including phenoxy) is 2. The van der Waals surface area contributed by atoms with Gasteiger partial charge >= 0.3 is 0 Å². The summed E-state index contributed by atoms with van der Waals surface area (Å²) in [6.07, 6.45) is 0. The number of hydrogen-bond donors (Lipinski definition) is 0. The molecule has 0 aliphatic carbocycles. The topological polar surface area (TPSA) is 18.5 Å². The molecule has 0 aliphatic rings. The summed E-state index contributed by atoms with van der Waals surface area (Å²) >= 11 is 0. The second kappa shape index (κ2) is 6.35. The average Bonchev–Trinajstić information content (AvgIpc) is 2.56. The zero-order valence-electron chi connectivity index (χ0n) is 12.7. The van der Waals surface area contributed by atoms with Crippen LogP contribution in [-0.2, 0) is 0 Å². The molecule has 0 aliphatic heterocycles. The minimum absolute atomic E-state index is 0.759. The quantitative estimate of drug-likeness (QED) is 0.596. The van der Waals surface area contributed by atoms with E-state index >= 15 is 0 Å². The molecule has 0 fully saturated rings. The highest BCUT2D eigenvalue weighted by molar-refractivity contribution is 5.54. The summed E-state index contributed by atoms with van der Waals surface area (Å²) in [5.74, 6) is 3.12. The van der Waals surface area contributed by atoms with E-state index in [4.69, 9.17) is 9.47 Å². The Morgan fingerprint density at radius 3 is 1.23 bits per heavy atom. The highest BCUT2D eigenvalue weighted by Crippen LogP contribution is 2.40. The first-order valence-electron chi connectivity index (χ1n) is 7.30. The Kier molecular flexibility index (Phi) is 4.10. The first-order chi connectivity index (χ1) is 10.7. The molecule has 0 spiro atoms. The van der Waals surface area contributed by atoms with Gasteiger partial charge in [-0.25, -0.2) is 0 Å². The fourth-order valence-corrected chi connectivity index (χ4v) is 2.23. The second-order valence-corrected chi connectivity index (χ2v) is 5.19. The largest absolute Gasteiger partial charge is 0.453 e. The van der Waals surface area contributed by atoms with Gasteiger partial charge in [0.15, 0.2) is 11.5 Å². The lowest BCUT2D eigenvalue weighted by Crippen LogP contribution is -1.95. The summed E-state index contributed by atoms with van der Waals surface area (Å²) in [4.78, 5) is 0. The van der Waals surface area contributed by atoms with E-state index in [2.05, 4.69) is 0 Å². The molecule has 0 unspecified atom stereocenters. The van der Waals surface area contributed by atoms with Gasteiger partial charge in [0.1, 0.15) is 11.5 Å². The standard InChI is InChI=1S/C20H18O2/c1-15-13-14-16(2)20(22-18-11-7-4-8-12-18)19(15)21-17-9-5-3-6-10-17/h3-14H,1-2H3. The third-order valence-corrected chi connectivity index (χ3v) is 3.43. The molecule has 3 aromatic carbocycles. The molecule has 0 saturated carbocycles. The summed E-state index contributed by atoms with van der Waals surface area (Å²) in [6, 6.07) is 23.6. The fourth-order valence-electron chi connectivity index (χ4n) is 2.23. The maximum absolute atomic E-state index is 6.07. The number of aryl methyl sites for hydroxylation is 2. The average molecular weight is 290 g/mol. The van der Waals surface area contributed by atoms with E-state index in [1.165, 1.54) is 0 Å². The summed E-state index contributed by atoms with van der Waals surface area (Å²) < 4.78 is 12.1. The molecule has 2 nitrogen and oxygen atoms in total. The van der Waals surface area contributed by atoms with Crippen molar-refractivity contribution in [1.82, 2.24) is 0 Å². The molecular formula is C20H18O2. The molecule has 0 N–H and O–H groups in total. The molecule has 0 aromatic heterocycles. The van der Waals surface area contributed by atoms with Crippen molar-refractivity contribution >= 4 is 0 Å².